The summed E-state index contributed by atoms with van der Waals surface area (Å²) in [7, 11) is 2.15. The Balaban J connectivity index is 0.000000328. The Bertz CT molecular complexity index is 3630. The zero-order valence-corrected chi connectivity index (χ0v) is 48.0. The summed E-state index contributed by atoms with van der Waals surface area (Å²) >= 11 is 21.5. The topological polar surface area (TPSA) is 149 Å². The molecule has 6 rings (SSSR count). The van der Waals surface area contributed by atoms with Gasteiger partial charge in [0.25, 0.3) is 23.0 Å². The molecule has 0 heterocycles. The van der Waals surface area contributed by atoms with Crippen LogP contribution in [0, 0.1) is 34.9 Å². The first-order valence-electron chi connectivity index (χ1n) is 22.4. The highest BCUT2D eigenvalue weighted by molar-refractivity contribution is 9.11. The van der Waals surface area contributed by atoms with Gasteiger partial charge < -0.3 is 31.2 Å². The van der Waals surface area contributed by atoms with Crippen molar-refractivity contribution in [3.8, 4) is 11.5 Å². The van der Waals surface area contributed by atoms with Gasteiger partial charge in [0.15, 0.2) is 11.5 Å². The minimum atomic E-state index is -6.99. The number of hydrogen-bond acceptors (Lipinski definition) is 7. The van der Waals surface area contributed by atoms with Crippen LogP contribution in [0.5, 0.6) is 11.5 Å². The van der Waals surface area contributed by atoms with Crippen molar-refractivity contribution in [1.29, 1.82) is 0 Å². The third kappa shape index (κ3) is 15.1. The number of halogens is 29. The molecule has 0 fully saturated rings. The zero-order chi connectivity index (χ0) is 68.4. The van der Waals surface area contributed by atoms with Gasteiger partial charge in [0.1, 0.15) is 46.0 Å². The van der Waals surface area contributed by atoms with Crippen LogP contribution in [0.2, 0.25) is 10.0 Å². The molecular weight excluding hydrogens is 1470 g/mol. The number of nitrogens with one attached hydrogen (secondary N) is 3. The fourth-order valence-corrected chi connectivity index (χ4v) is 9.31. The van der Waals surface area contributed by atoms with Crippen molar-refractivity contribution in [3.63, 3.8) is 0 Å². The van der Waals surface area contributed by atoms with E-state index < -0.39 is 175 Å². The van der Waals surface area contributed by atoms with Crippen molar-refractivity contribution >= 4 is 112 Å². The van der Waals surface area contributed by atoms with Gasteiger partial charge in [-0.05, 0) is 92.0 Å². The molecule has 0 radical (unpaired) electrons. The summed E-state index contributed by atoms with van der Waals surface area (Å²) in [5.41, 5.74) is -15.7. The van der Waals surface area contributed by atoms with Gasteiger partial charge in [0.2, 0.25) is 0 Å². The van der Waals surface area contributed by atoms with Gasteiger partial charge in [0, 0.05) is 44.3 Å². The molecule has 0 saturated heterocycles. The quantitative estimate of drug-likeness (QED) is 0.0511. The number of carbonyl (C=O) groups is 4. The first-order chi connectivity index (χ1) is 40.5. The van der Waals surface area contributed by atoms with E-state index in [0.29, 0.717) is 12.1 Å². The standard InChI is InChI=1S/C25H12BrClF12N2O3.C18H11BrClF9N2O2.C7H2ClF3O/c1-44-19-11(3-2-4-16(19)40-21(43)17-14(29)7-10(28)8-15(17)30)20(42)41-18-12(26)5-9(6-13(18)27)22(31,24(34,35)36)23(32,33)25(37,38)39;1-33-13-8(3-2-4-11(13)30)14(32)31-12-9(19)5-7(6-10(12)20)15(21,17(24,25)26)16(22,23)18(27,28)29;8-7(12)6-4(10)1-3(9)2-5(6)11/h2-8H,1H3,(H,40,43)(H,41,42);2-6H,30H2,1H3,(H,31,32);1-2H. The first-order valence-corrected chi connectivity index (χ1v) is 25.1. The number of ether oxygens (including phenoxy) is 2. The highest BCUT2D eigenvalue weighted by Crippen LogP contribution is 2.61. The van der Waals surface area contributed by atoms with E-state index in [1.54, 1.807) is 0 Å². The van der Waals surface area contributed by atoms with E-state index in [0.717, 1.165) is 25.3 Å². The Labute approximate surface area is 511 Å². The lowest BCUT2D eigenvalue weighted by Crippen LogP contribution is -2.59. The molecule has 0 aliphatic rings. The average Bonchev–Trinajstić information content (AvgIpc) is 0.731. The molecule has 6 aromatic rings. The molecule has 2 atom stereocenters. The molecule has 0 aromatic heterocycles. The van der Waals surface area contributed by atoms with E-state index in [9.17, 15) is 125 Å². The van der Waals surface area contributed by atoms with E-state index in [1.165, 1.54) is 25.3 Å². The summed E-state index contributed by atoms with van der Waals surface area (Å²) in [6.07, 6.45) is -27.4. The number of carbonyl (C=O) groups excluding carboxylic acids is 4. The second-order valence-electron chi connectivity index (χ2n) is 17.0. The first kappa shape index (κ1) is 74.4. The van der Waals surface area contributed by atoms with Gasteiger partial charge in [-0.3, -0.25) is 19.2 Å². The van der Waals surface area contributed by atoms with Crippen LogP contribution in [0.1, 0.15) is 52.6 Å². The Morgan fingerprint density at radius 3 is 1.11 bits per heavy atom. The monoisotopic (exact) mass is 1500 g/mol. The predicted octanol–water partition coefficient (Wildman–Crippen LogP) is 18.3. The second-order valence-corrected chi connectivity index (χ2v) is 19.9. The fourth-order valence-electron chi connectivity index (χ4n) is 7.25. The molecule has 89 heavy (non-hydrogen) atoms. The average molecular weight is 1500 g/mol. The Morgan fingerprint density at radius 1 is 0.461 bits per heavy atom. The Hall–Kier alpha value is -7.05. The number of methoxy groups -OCH3 is 2. The summed E-state index contributed by atoms with van der Waals surface area (Å²) in [6.45, 7) is 0. The number of nitrogens with two attached hydrogens (primary N) is 1. The van der Waals surface area contributed by atoms with E-state index in [2.05, 4.69) is 37.2 Å². The lowest BCUT2D eigenvalue weighted by molar-refractivity contribution is -0.389. The molecule has 6 aromatic carbocycles. The maximum atomic E-state index is 14.9. The molecule has 0 aliphatic carbocycles. The van der Waals surface area contributed by atoms with Crippen LogP contribution < -0.4 is 31.2 Å². The fraction of sp³-hybridized carbons (Fsp3) is 0.200. The van der Waals surface area contributed by atoms with Crippen molar-refractivity contribution in [2.75, 3.05) is 35.9 Å². The van der Waals surface area contributed by atoms with Crippen LogP contribution in [0.4, 0.5) is 128 Å². The lowest BCUT2D eigenvalue weighted by Gasteiger charge is -2.36. The van der Waals surface area contributed by atoms with Crippen molar-refractivity contribution in [2.24, 2.45) is 0 Å². The Morgan fingerprint density at radius 2 is 0.798 bits per heavy atom. The molecule has 39 heteroatoms. The molecule has 5 N–H and O–H groups in total. The maximum absolute atomic E-state index is 14.9. The zero-order valence-electron chi connectivity index (χ0n) is 42.6. The molecule has 0 saturated carbocycles. The smallest absolute Gasteiger partial charge is 0.457 e. The van der Waals surface area contributed by atoms with Gasteiger partial charge in [-0.15, -0.1) is 0 Å². The van der Waals surface area contributed by atoms with Crippen LogP contribution in [-0.2, 0) is 11.3 Å². The van der Waals surface area contributed by atoms with Crippen molar-refractivity contribution in [1.82, 2.24) is 0 Å². The number of rotatable bonds is 13. The maximum Gasteiger partial charge on any atom is 0.457 e. The second kappa shape index (κ2) is 27.2. The summed E-state index contributed by atoms with van der Waals surface area (Å²) in [5.74, 6) is -26.3. The van der Waals surface area contributed by atoms with Gasteiger partial charge in [-0.2, -0.15) is 70.2 Å². The number of nitrogen functional groups attached to an aromatic ring is 1. The number of benzene rings is 6. The SMILES string of the molecule is COc1c(N)cccc1C(=O)Nc1c(Cl)cc(C(F)(C(F)(F)F)C(F)(F)C(F)(F)F)cc1Br.COc1c(NC(=O)c2c(F)cc(F)cc2F)cccc1C(=O)Nc1c(Cl)cc(C(F)(C(F)(F)F)C(F)(F)C(F)(F)F)cc1Br.O=C(Cl)c1c(F)cc(F)cc1F. The summed E-state index contributed by atoms with van der Waals surface area (Å²) < 4.78 is 328. The number of hydrogen-bond donors (Lipinski definition) is 4. The Kier molecular flexibility index (Phi) is 22.7. The molecule has 3 amide bonds. The van der Waals surface area contributed by atoms with Gasteiger partial charge in [-0.25, -0.2) is 35.1 Å². The summed E-state index contributed by atoms with van der Waals surface area (Å²) in [6, 6.07) is 8.01. The molecule has 0 aliphatic heterocycles. The molecule has 0 spiro atoms. The molecule has 2 unspecified atom stereocenters. The van der Waals surface area contributed by atoms with Crippen molar-refractivity contribution < 1.29 is 134 Å². The minimum Gasteiger partial charge on any atom is -0.494 e. The van der Waals surface area contributed by atoms with Crippen molar-refractivity contribution in [2.45, 2.75) is 47.9 Å². The molecular formula is C50H25Br2Cl3F24N4O6. The van der Waals surface area contributed by atoms with E-state index >= 15 is 0 Å². The van der Waals surface area contributed by atoms with Crippen molar-refractivity contribution in [3.05, 3.63) is 172 Å². The highest BCUT2D eigenvalue weighted by atomic mass is 79.9. The number of anilines is 4. The van der Waals surface area contributed by atoms with E-state index in [1.807, 2.05) is 10.6 Å². The van der Waals surface area contributed by atoms with E-state index in [4.69, 9.17) is 50.0 Å². The molecule has 10 nitrogen and oxygen atoms in total. The lowest BCUT2D eigenvalue weighted by atomic mass is 9.87. The van der Waals surface area contributed by atoms with Crippen LogP contribution in [0.3, 0.4) is 0 Å². The summed E-state index contributed by atoms with van der Waals surface area (Å²) in [5, 5.41) is 2.77. The number of para-hydroxylation sites is 2. The van der Waals surface area contributed by atoms with Gasteiger partial charge in [0.05, 0.1) is 58.1 Å². The summed E-state index contributed by atoms with van der Waals surface area (Å²) in [4.78, 5) is 48.4. The van der Waals surface area contributed by atoms with Crippen LogP contribution >= 0.6 is 66.7 Å². The molecule has 0 bridgehead atoms. The normalized spacial score (nSPS) is 13.5. The predicted molar refractivity (Wildman–Crippen MR) is 275 cm³/mol. The van der Waals surface area contributed by atoms with Crippen LogP contribution in [-0.4, -0.2) is 73.7 Å². The number of amides is 3. The van der Waals surface area contributed by atoms with Gasteiger partial charge >= 0.3 is 47.9 Å². The van der Waals surface area contributed by atoms with Crippen LogP contribution in [0.25, 0.3) is 0 Å². The highest BCUT2D eigenvalue weighted by Gasteiger charge is 2.83. The van der Waals surface area contributed by atoms with Crippen LogP contribution in [0.15, 0.2) is 93.9 Å². The third-order valence-electron chi connectivity index (χ3n) is 11.4. The van der Waals surface area contributed by atoms with Gasteiger partial charge in [-0.1, -0.05) is 35.3 Å². The largest absolute Gasteiger partial charge is 0.494 e. The third-order valence-corrected chi connectivity index (χ3v) is 13.4. The minimum absolute atomic E-state index is 0.00518. The molecule has 484 valence electrons. The number of alkyl halides is 18. The van der Waals surface area contributed by atoms with E-state index in [-0.39, 0.29) is 53.4 Å².